The molecule has 3 heterocycles. The predicted octanol–water partition coefficient (Wildman–Crippen LogP) is 6.05. The maximum absolute atomic E-state index is 6.66. The minimum absolute atomic E-state index is 0.189. The lowest BCUT2D eigenvalue weighted by Crippen LogP contribution is -2.30. The fraction of sp³-hybridized carbons (Fsp3) is 0.241. The van der Waals surface area contributed by atoms with Gasteiger partial charge in [-0.1, -0.05) is 17.7 Å². The molecule has 5 rings (SSSR count). The minimum atomic E-state index is -0.204. The first-order chi connectivity index (χ1) is 18.5. The molecule has 38 heavy (non-hydrogen) atoms. The number of hydrogen-bond donors (Lipinski definition) is 1. The Morgan fingerprint density at radius 2 is 1.76 bits per heavy atom. The summed E-state index contributed by atoms with van der Waals surface area (Å²) in [4.78, 5) is 6.78. The van der Waals surface area contributed by atoms with Gasteiger partial charge >= 0.3 is 0 Å². The van der Waals surface area contributed by atoms with Crippen molar-refractivity contribution in [2.75, 3.05) is 32.3 Å². The molecule has 2 aromatic carbocycles. The van der Waals surface area contributed by atoms with E-state index in [0.29, 0.717) is 29.1 Å². The lowest BCUT2D eigenvalue weighted by molar-refractivity contribution is 0.146. The largest absolute Gasteiger partial charge is 0.497 e. The third kappa shape index (κ3) is 5.07. The molecule has 7 nitrogen and oxygen atoms in total. The van der Waals surface area contributed by atoms with E-state index in [0.717, 1.165) is 34.2 Å². The van der Waals surface area contributed by atoms with Gasteiger partial charge in [0.25, 0.3) is 0 Å². The summed E-state index contributed by atoms with van der Waals surface area (Å²) >= 11 is 12.6. The predicted molar refractivity (Wildman–Crippen MR) is 154 cm³/mol. The topological polar surface area (TPSA) is 60.8 Å². The number of hydrogen-bond acceptors (Lipinski definition) is 5. The standard InChI is InChI=1S/C29H29ClN4O3S/c1-19-7-13-25(33(19)20-8-11-22(36-3)12-9-20)28-27(24-6-4-5-15-31-24)32-29(38)34(28)21-10-14-26(23(30)18-21)37-17-16-35-2/h4-15,18,27-28H,16-17H2,1-3H3,(H,32,38). The van der Waals surface area contributed by atoms with Crippen molar-refractivity contribution < 1.29 is 14.2 Å². The van der Waals surface area contributed by atoms with Crippen LogP contribution < -0.4 is 19.7 Å². The average Bonchev–Trinajstić information content (AvgIpc) is 3.49. The normalized spacial score (nSPS) is 16.9. The van der Waals surface area contributed by atoms with Crippen molar-refractivity contribution in [3.63, 3.8) is 0 Å². The van der Waals surface area contributed by atoms with E-state index in [-0.39, 0.29) is 12.1 Å². The molecule has 0 saturated carbocycles. The van der Waals surface area contributed by atoms with Crippen molar-refractivity contribution in [3.8, 4) is 17.2 Å². The third-order valence-electron chi connectivity index (χ3n) is 6.58. The molecule has 2 unspecified atom stereocenters. The number of benzene rings is 2. The molecular weight excluding hydrogens is 520 g/mol. The number of thiocarbonyl (C=S) groups is 1. The van der Waals surface area contributed by atoms with E-state index in [4.69, 9.17) is 38.0 Å². The molecule has 0 amide bonds. The van der Waals surface area contributed by atoms with Gasteiger partial charge in [-0.25, -0.2) is 0 Å². The van der Waals surface area contributed by atoms with Gasteiger partial charge in [0, 0.05) is 36.1 Å². The highest BCUT2D eigenvalue weighted by Gasteiger charge is 2.42. The first kappa shape index (κ1) is 26.0. The fourth-order valence-corrected chi connectivity index (χ4v) is 5.37. The van der Waals surface area contributed by atoms with Gasteiger partial charge in [-0.3, -0.25) is 4.98 Å². The summed E-state index contributed by atoms with van der Waals surface area (Å²) in [7, 11) is 3.30. The van der Waals surface area contributed by atoms with Crippen LogP contribution in [-0.2, 0) is 4.74 Å². The molecule has 1 aliphatic heterocycles. The zero-order valence-corrected chi connectivity index (χ0v) is 23.0. The Labute approximate surface area is 232 Å². The third-order valence-corrected chi connectivity index (χ3v) is 7.19. The molecule has 9 heteroatoms. The number of methoxy groups -OCH3 is 2. The van der Waals surface area contributed by atoms with E-state index < -0.39 is 0 Å². The number of nitrogens with one attached hydrogen (secondary N) is 1. The van der Waals surface area contributed by atoms with E-state index in [1.807, 2.05) is 48.5 Å². The van der Waals surface area contributed by atoms with E-state index in [2.05, 4.69) is 51.0 Å². The number of halogens is 1. The van der Waals surface area contributed by atoms with Crippen LogP contribution in [0.1, 0.15) is 29.2 Å². The summed E-state index contributed by atoms with van der Waals surface area (Å²) in [6.07, 6.45) is 1.80. The molecule has 0 aliphatic carbocycles. The highest BCUT2D eigenvalue weighted by Crippen LogP contribution is 2.44. The van der Waals surface area contributed by atoms with Gasteiger partial charge in [-0.05, 0) is 85.9 Å². The van der Waals surface area contributed by atoms with Crippen molar-refractivity contribution >= 4 is 34.6 Å². The monoisotopic (exact) mass is 548 g/mol. The van der Waals surface area contributed by atoms with Crippen LogP contribution in [0.3, 0.4) is 0 Å². The molecule has 1 fully saturated rings. The maximum atomic E-state index is 6.66. The lowest BCUT2D eigenvalue weighted by Gasteiger charge is -2.29. The van der Waals surface area contributed by atoms with Crippen LogP contribution in [0.15, 0.2) is 79.0 Å². The number of aryl methyl sites for hydroxylation is 1. The Bertz CT molecular complexity index is 1410. The smallest absolute Gasteiger partial charge is 0.174 e. The van der Waals surface area contributed by atoms with E-state index in [9.17, 15) is 0 Å². The Kier molecular flexibility index (Phi) is 7.83. The first-order valence-electron chi connectivity index (χ1n) is 12.3. The Morgan fingerprint density at radius 3 is 2.45 bits per heavy atom. The van der Waals surface area contributed by atoms with Crippen LogP contribution in [0.5, 0.6) is 11.5 Å². The quantitative estimate of drug-likeness (QED) is 0.202. The van der Waals surface area contributed by atoms with Gasteiger partial charge in [0.2, 0.25) is 0 Å². The maximum Gasteiger partial charge on any atom is 0.174 e. The van der Waals surface area contributed by atoms with Crippen molar-refractivity contribution in [2.45, 2.75) is 19.0 Å². The van der Waals surface area contributed by atoms with Crippen LogP contribution in [0, 0.1) is 6.92 Å². The van der Waals surface area contributed by atoms with Crippen LogP contribution in [0.4, 0.5) is 5.69 Å². The second-order valence-corrected chi connectivity index (χ2v) is 9.68. The number of rotatable bonds is 9. The van der Waals surface area contributed by atoms with E-state index in [1.54, 1.807) is 20.4 Å². The molecule has 1 N–H and O–H groups in total. The number of pyridine rings is 1. The average molecular weight is 549 g/mol. The zero-order chi connectivity index (χ0) is 26.6. The molecule has 0 radical (unpaired) electrons. The number of ether oxygens (including phenoxy) is 3. The lowest BCUT2D eigenvalue weighted by atomic mass is 10.0. The van der Waals surface area contributed by atoms with Gasteiger partial charge in [0.05, 0.1) is 30.5 Å². The van der Waals surface area contributed by atoms with Crippen LogP contribution in [0.25, 0.3) is 5.69 Å². The van der Waals surface area contributed by atoms with Gasteiger partial charge in [0.1, 0.15) is 24.1 Å². The van der Waals surface area contributed by atoms with Crippen molar-refractivity contribution in [1.29, 1.82) is 0 Å². The number of aromatic nitrogens is 2. The van der Waals surface area contributed by atoms with Gasteiger partial charge in [-0.2, -0.15) is 0 Å². The molecule has 1 aliphatic rings. The Morgan fingerprint density at radius 1 is 0.974 bits per heavy atom. The van der Waals surface area contributed by atoms with Crippen LogP contribution in [-0.4, -0.2) is 42.1 Å². The molecule has 196 valence electrons. The molecule has 0 bridgehead atoms. The van der Waals surface area contributed by atoms with Crippen LogP contribution >= 0.6 is 23.8 Å². The summed E-state index contributed by atoms with van der Waals surface area (Å²) in [5.41, 5.74) is 4.94. The van der Waals surface area contributed by atoms with Crippen molar-refractivity contribution in [3.05, 3.63) is 101 Å². The molecule has 4 aromatic rings. The van der Waals surface area contributed by atoms with Crippen LogP contribution in [0.2, 0.25) is 5.02 Å². The van der Waals surface area contributed by atoms with Crippen molar-refractivity contribution in [1.82, 2.24) is 14.9 Å². The highest BCUT2D eigenvalue weighted by molar-refractivity contribution is 7.80. The summed E-state index contributed by atoms with van der Waals surface area (Å²) in [5.74, 6) is 1.40. The summed E-state index contributed by atoms with van der Waals surface area (Å²) in [5, 5.41) is 4.62. The molecule has 1 saturated heterocycles. The van der Waals surface area contributed by atoms with Gasteiger partial charge in [0.15, 0.2) is 5.11 Å². The minimum Gasteiger partial charge on any atom is -0.497 e. The van der Waals surface area contributed by atoms with E-state index in [1.165, 1.54) is 0 Å². The molecule has 2 atom stereocenters. The van der Waals surface area contributed by atoms with Gasteiger partial charge in [-0.15, -0.1) is 0 Å². The Balaban J connectivity index is 1.60. The summed E-state index contributed by atoms with van der Waals surface area (Å²) in [6.45, 7) is 2.99. The summed E-state index contributed by atoms with van der Waals surface area (Å²) < 4.78 is 18.5. The van der Waals surface area contributed by atoms with Crippen molar-refractivity contribution in [2.24, 2.45) is 0 Å². The van der Waals surface area contributed by atoms with Gasteiger partial charge < -0.3 is 29.0 Å². The second kappa shape index (κ2) is 11.4. The zero-order valence-electron chi connectivity index (χ0n) is 21.4. The summed E-state index contributed by atoms with van der Waals surface area (Å²) in [6, 6.07) is 23.6. The number of anilines is 1. The number of nitrogens with zero attached hydrogens (tertiary/aromatic N) is 3. The van der Waals surface area contributed by atoms with E-state index >= 15 is 0 Å². The Hall–Kier alpha value is -3.59. The highest BCUT2D eigenvalue weighted by atomic mass is 35.5. The second-order valence-electron chi connectivity index (χ2n) is 8.89. The molecule has 2 aromatic heterocycles. The SMILES string of the molecule is COCCOc1ccc(N2C(=S)NC(c3ccccn3)C2c2ccc(C)n2-c2ccc(OC)cc2)cc1Cl. The fourth-order valence-electron chi connectivity index (χ4n) is 4.80. The molecule has 0 spiro atoms. The molecular formula is C29H29ClN4O3S. The first-order valence-corrected chi connectivity index (χ1v) is 13.0.